The first kappa shape index (κ1) is 29.1. The van der Waals surface area contributed by atoms with Crippen LogP contribution in [0.4, 0.5) is 0 Å². The van der Waals surface area contributed by atoms with E-state index in [0.717, 1.165) is 26.8 Å². The van der Waals surface area contributed by atoms with E-state index in [1.165, 1.54) is 4.57 Å². The number of aryl methyl sites for hydroxylation is 4. The van der Waals surface area contributed by atoms with Crippen molar-refractivity contribution in [3.8, 4) is 12.3 Å². The molecule has 0 saturated carbocycles. The molecular formula is C26H34BrN4O5P. The third kappa shape index (κ3) is 6.91. The average Bonchev–Trinajstić information content (AvgIpc) is 3.24. The Bertz CT molecular complexity index is 1410. The molecule has 2 aromatic heterocycles. The molecule has 1 aromatic carbocycles. The van der Waals surface area contributed by atoms with Gasteiger partial charge in [0.25, 0.3) is 5.56 Å². The SMILES string of the molecule is C#CCn1c(=O)c2c(nc(CCc3ccc(Br)cc3)n2CC)n(CCCCP(=O)(OCC)OCC)c1=O. The topological polar surface area (TPSA) is 97.3 Å². The molecule has 0 N–H and O–H groups in total. The predicted octanol–water partition coefficient (Wildman–Crippen LogP) is 4.61. The van der Waals surface area contributed by atoms with Crippen molar-refractivity contribution in [3.05, 3.63) is 61.0 Å². The van der Waals surface area contributed by atoms with Crippen LogP contribution in [0.3, 0.4) is 0 Å². The van der Waals surface area contributed by atoms with E-state index in [2.05, 4.69) is 21.9 Å². The van der Waals surface area contributed by atoms with Crippen LogP contribution in [0.1, 0.15) is 45.0 Å². The maximum atomic E-state index is 13.3. The highest BCUT2D eigenvalue weighted by atomic mass is 79.9. The molecule has 0 aliphatic rings. The van der Waals surface area contributed by atoms with Gasteiger partial charge in [-0.15, -0.1) is 6.42 Å². The second kappa shape index (κ2) is 13.4. The van der Waals surface area contributed by atoms with Crippen LogP contribution in [0.2, 0.25) is 0 Å². The average molecular weight is 593 g/mol. The Morgan fingerprint density at radius 2 is 1.68 bits per heavy atom. The number of imidazole rings is 1. The van der Waals surface area contributed by atoms with E-state index in [-0.39, 0.29) is 12.7 Å². The first-order valence-electron chi connectivity index (χ1n) is 12.6. The molecule has 200 valence electrons. The minimum Gasteiger partial charge on any atom is -0.322 e. The van der Waals surface area contributed by atoms with E-state index in [4.69, 9.17) is 20.5 Å². The van der Waals surface area contributed by atoms with Crippen LogP contribution in [0.5, 0.6) is 0 Å². The minimum atomic E-state index is -3.17. The van der Waals surface area contributed by atoms with Crippen LogP contribution in [0.15, 0.2) is 38.3 Å². The second-order valence-corrected chi connectivity index (χ2v) is 11.6. The van der Waals surface area contributed by atoms with Gasteiger partial charge in [0.05, 0.1) is 25.9 Å². The highest BCUT2D eigenvalue weighted by molar-refractivity contribution is 9.10. The fourth-order valence-electron chi connectivity index (χ4n) is 4.34. The van der Waals surface area contributed by atoms with Gasteiger partial charge in [-0.25, -0.2) is 14.3 Å². The summed E-state index contributed by atoms with van der Waals surface area (Å²) in [6, 6.07) is 8.07. The number of nitrogens with zero attached hydrogens (tertiary/aromatic N) is 4. The van der Waals surface area contributed by atoms with Gasteiger partial charge in [0.2, 0.25) is 0 Å². The monoisotopic (exact) mass is 592 g/mol. The van der Waals surface area contributed by atoms with Crippen molar-refractivity contribution in [2.45, 2.75) is 66.1 Å². The van der Waals surface area contributed by atoms with Crippen LogP contribution < -0.4 is 11.2 Å². The lowest BCUT2D eigenvalue weighted by Gasteiger charge is -2.17. The molecule has 0 bridgehead atoms. The van der Waals surface area contributed by atoms with Gasteiger partial charge in [0.1, 0.15) is 5.82 Å². The zero-order chi connectivity index (χ0) is 27.0. The number of terminal acetylenes is 1. The van der Waals surface area contributed by atoms with Crippen LogP contribution >= 0.6 is 23.5 Å². The molecule has 0 saturated heterocycles. The molecule has 0 amide bonds. The summed E-state index contributed by atoms with van der Waals surface area (Å²) < 4.78 is 29.0. The summed E-state index contributed by atoms with van der Waals surface area (Å²) in [4.78, 5) is 31.4. The number of rotatable bonds is 14. The van der Waals surface area contributed by atoms with Crippen molar-refractivity contribution in [2.24, 2.45) is 0 Å². The summed E-state index contributed by atoms with van der Waals surface area (Å²) in [5.41, 5.74) is 0.948. The van der Waals surface area contributed by atoms with E-state index in [1.807, 2.05) is 35.8 Å². The maximum absolute atomic E-state index is 13.3. The lowest BCUT2D eigenvalue weighted by atomic mass is 10.1. The Hall–Kier alpha value is -2.44. The Balaban J connectivity index is 1.95. The number of aromatic nitrogens is 4. The van der Waals surface area contributed by atoms with Crippen molar-refractivity contribution >= 4 is 34.7 Å². The molecule has 0 spiro atoms. The van der Waals surface area contributed by atoms with Gasteiger partial charge in [0, 0.05) is 24.0 Å². The van der Waals surface area contributed by atoms with E-state index in [0.29, 0.717) is 56.7 Å². The molecule has 0 atom stereocenters. The largest absolute Gasteiger partial charge is 0.333 e. The fraction of sp³-hybridized carbons (Fsp3) is 0.500. The molecular weight excluding hydrogens is 559 g/mol. The zero-order valence-corrected chi connectivity index (χ0v) is 24.1. The summed E-state index contributed by atoms with van der Waals surface area (Å²) in [5.74, 6) is 3.15. The van der Waals surface area contributed by atoms with Gasteiger partial charge in [-0.3, -0.25) is 13.9 Å². The summed E-state index contributed by atoms with van der Waals surface area (Å²) in [6.45, 7) is 6.79. The van der Waals surface area contributed by atoms with Gasteiger partial charge >= 0.3 is 13.3 Å². The molecule has 0 fully saturated rings. The number of halogens is 1. The summed E-state index contributed by atoms with van der Waals surface area (Å²) >= 11 is 3.45. The van der Waals surface area contributed by atoms with E-state index >= 15 is 0 Å². The smallest absolute Gasteiger partial charge is 0.322 e. The fourth-order valence-corrected chi connectivity index (χ4v) is 6.34. The standard InChI is InChI=1S/C26H34BrN4O5P/c1-5-17-31-25(32)23-24(28-22(29(23)6-2)16-13-20-11-14-21(27)15-12-20)30(26(31)33)18-9-10-19-37(34,35-7-3)36-8-4/h1,11-12,14-15H,6-10,13,16-19H2,2-4H3. The van der Waals surface area contributed by atoms with Crippen molar-refractivity contribution in [1.29, 1.82) is 0 Å². The number of hydrogen-bond acceptors (Lipinski definition) is 6. The molecule has 2 heterocycles. The molecule has 0 aliphatic heterocycles. The van der Waals surface area contributed by atoms with Crippen molar-refractivity contribution in [2.75, 3.05) is 19.4 Å². The van der Waals surface area contributed by atoms with Crippen molar-refractivity contribution < 1.29 is 13.6 Å². The van der Waals surface area contributed by atoms with E-state index < -0.39 is 18.8 Å². The van der Waals surface area contributed by atoms with Crippen LogP contribution in [0.25, 0.3) is 11.2 Å². The Morgan fingerprint density at radius 1 is 1.00 bits per heavy atom. The highest BCUT2D eigenvalue weighted by Gasteiger charge is 2.24. The van der Waals surface area contributed by atoms with E-state index in [1.54, 1.807) is 13.8 Å². The Labute approximate surface area is 225 Å². The molecule has 3 rings (SSSR count). The van der Waals surface area contributed by atoms with Gasteiger partial charge in [0.15, 0.2) is 11.2 Å². The Kier molecular flexibility index (Phi) is 10.5. The van der Waals surface area contributed by atoms with Crippen LogP contribution in [-0.2, 0) is 46.1 Å². The molecule has 11 heteroatoms. The normalized spacial score (nSPS) is 11.8. The number of hydrogen-bond donors (Lipinski definition) is 0. The van der Waals surface area contributed by atoms with Crippen molar-refractivity contribution in [1.82, 2.24) is 18.7 Å². The Morgan fingerprint density at radius 3 is 2.27 bits per heavy atom. The molecule has 37 heavy (non-hydrogen) atoms. The lowest BCUT2D eigenvalue weighted by molar-refractivity contribution is 0.219. The second-order valence-electron chi connectivity index (χ2n) is 8.48. The first-order valence-corrected chi connectivity index (χ1v) is 15.1. The number of unbranched alkanes of at least 4 members (excludes halogenated alkanes) is 1. The minimum absolute atomic E-state index is 0.124. The lowest BCUT2D eigenvalue weighted by Crippen LogP contribution is -2.40. The quantitative estimate of drug-likeness (QED) is 0.154. The van der Waals surface area contributed by atoms with Gasteiger partial charge in [-0.1, -0.05) is 34.0 Å². The summed E-state index contributed by atoms with van der Waals surface area (Å²) in [6.07, 6.45) is 8.12. The number of fused-ring (bicyclic) bond motifs is 1. The predicted molar refractivity (Wildman–Crippen MR) is 149 cm³/mol. The van der Waals surface area contributed by atoms with Crippen LogP contribution in [-0.4, -0.2) is 38.1 Å². The summed E-state index contributed by atoms with van der Waals surface area (Å²) in [7, 11) is -3.17. The first-order chi connectivity index (χ1) is 17.8. The zero-order valence-electron chi connectivity index (χ0n) is 21.6. The van der Waals surface area contributed by atoms with Gasteiger partial charge in [-0.05, 0) is 57.7 Å². The maximum Gasteiger partial charge on any atom is 0.333 e. The molecule has 9 nitrogen and oxygen atoms in total. The van der Waals surface area contributed by atoms with Gasteiger partial charge in [-0.2, -0.15) is 0 Å². The van der Waals surface area contributed by atoms with Gasteiger partial charge < -0.3 is 13.6 Å². The third-order valence-corrected chi connectivity index (χ3v) is 8.72. The third-order valence-electron chi connectivity index (χ3n) is 6.02. The molecule has 0 radical (unpaired) electrons. The van der Waals surface area contributed by atoms with Crippen molar-refractivity contribution in [3.63, 3.8) is 0 Å². The summed E-state index contributed by atoms with van der Waals surface area (Å²) in [5, 5.41) is 0. The van der Waals surface area contributed by atoms with Crippen LogP contribution in [0, 0.1) is 12.3 Å². The molecule has 0 aliphatic carbocycles. The van der Waals surface area contributed by atoms with E-state index in [9.17, 15) is 14.2 Å². The molecule has 3 aromatic rings. The number of benzene rings is 1. The highest BCUT2D eigenvalue weighted by Crippen LogP contribution is 2.48. The molecule has 0 unspecified atom stereocenters.